The Morgan fingerprint density at radius 2 is 2.27 bits per heavy atom. The Kier molecular flexibility index (Phi) is 2.70. The highest BCUT2D eigenvalue weighted by Crippen LogP contribution is 2.32. The van der Waals surface area contributed by atoms with Crippen molar-refractivity contribution in [1.82, 2.24) is 5.32 Å². The van der Waals surface area contributed by atoms with Gasteiger partial charge in [0.05, 0.1) is 12.1 Å². The van der Waals surface area contributed by atoms with Gasteiger partial charge in [-0.3, -0.25) is 4.79 Å². The maximum atomic E-state index is 11.6. The summed E-state index contributed by atoms with van der Waals surface area (Å²) in [5.74, 6) is -0.0641. The molecule has 3 N–H and O–H groups in total. The molecule has 0 spiro atoms. The van der Waals surface area contributed by atoms with Crippen molar-refractivity contribution >= 4 is 5.91 Å². The van der Waals surface area contributed by atoms with Crippen molar-refractivity contribution in [2.75, 3.05) is 26.9 Å². The first kappa shape index (κ1) is 10.9. The fourth-order valence-corrected chi connectivity index (χ4v) is 1.74. The number of nitrogens with two attached hydrogens (primary N) is 1. The largest absolute Gasteiger partial charge is 0.378 e. The standard InChI is InChI=1S/C10H18N2O3/c1-14-9(4-5-15-7-9)6-12-8(13)10(11)2-3-10/h2-7,11H2,1H3,(H,12,13). The zero-order chi connectivity index (χ0) is 10.9. The molecule has 1 unspecified atom stereocenters. The first-order chi connectivity index (χ1) is 7.10. The summed E-state index contributed by atoms with van der Waals surface area (Å²) in [6.07, 6.45) is 2.39. The van der Waals surface area contributed by atoms with Gasteiger partial charge in [0, 0.05) is 26.7 Å². The van der Waals surface area contributed by atoms with Crippen LogP contribution in [0.2, 0.25) is 0 Å². The number of methoxy groups -OCH3 is 1. The SMILES string of the molecule is COC1(CNC(=O)C2(N)CC2)CCOC1. The van der Waals surface area contributed by atoms with E-state index in [0.29, 0.717) is 19.8 Å². The molecule has 1 saturated carbocycles. The number of rotatable bonds is 4. The number of carbonyl (C=O) groups is 1. The first-order valence-corrected chi connectivity index (χ1v) is 5.30. The van der Waals surface area contributed by atoms with E-state index >= 15 is 0 Å². The van der Waals surface area contributed by atoms with Crippen molar-refractivity contribution < 1.29 is 14.3 Å². The highest BCUT2D eigenvalue weighted by atomic mass is 16.5. The Hall–Kier alpha value is -0.650. The summed E-state index contributed by atoms with van der Waals surface area (Å²) in [4.78, 5) is 11.6. The summed E-state index contributed by atoms with van der Waals surface area (Å²) in [6.45, 7) is 1.72. The second-order valence-electron chi connectivity index (χ2n) is 4.53. The summed E-state index contributed by atoms with van der Waals surface area (Å²) in [6, 6.07) is 0. The van der Waals surface area contributed by atoms with Crippen LogP contribution in [0.3, 0.4) is 0 Å². The fraction of sp³-hybridized carbons (Fsp3) is 0.900. The average Bonchev–Trinajstić information content (AvgIpc) is 2.84. The summed E-state index contributed by atoms with van der Waals surface area (Å²) >= 11 is 0. The van der Waals surface area contributed by atoms with Crippen LogP contribution in [0.15, 0.2) is 0 Å². The lowest BCUT2D eigenvalue weighted by atomic mass is 10.0. The van der Waals surface area contributed by atoms with Crippen molar-refractivity contribution in [3.05, 3.63) is 0 Å². The van der Waals surface area contributed by atoms with Crippen molar-refractivity contribution in [1.29, 1.82) is 0 Å². The number of hydrogen-bond donors (Lipinski definition) is 2. The molecule has 86 valence electrons. The molecule has 1 atom stereocenters. The summed E-state index contributed by atoms with van der Waals surface area (Å²) in [7, 11) is 1.65. The van der Waals surface area contributed by atoms with E-state index in [0.717, 1.165) is 19.3 Å². The highest BCUT2D eigenvalue weighted by Gasteiger charge is 2.47. The Labute approximate surface area is 89.3 Å². The number of hydrogen-bond acceptors (Lipinski definition) is 4. The van der Waals surface area contributed by atoms with Gasteiger partial charge in [-0.15, -0.1) is 0 Å². The zero-order valence-corrected chi connectivity index (χ0v) is 9.04. The number of nitrogens with one attached hydrogen (secondary N) is 1. The summed E-state index contributed by atoms with van der Waals surface area (Å²) in [5, 5.41) is 2.85. The fourth-order valence-electron chi connectivity index (χ4n) is 1.74. The molecule has 0 bridgehead atoms. The van der Waals surface area contributed by atoms with Crippen molar-refractivity contribution in [2.45, 2.75) is 30.4 Å². The van der Waals surface area contributed by atoms with Gasteiger partial charge in [-0.25, -0.2) is 0 Å². The summed E-state index contributed by atoms with van der Waals surface area (Å²) < 4.78 is 10.7. The topological polar surface area (TPSA) is 73.6 Å². The second-order valence-corrected chi connectivity index (χ2v) is 4.53. The molecule has 1 aliphatic carbocycles. The molecule has 0 aromatic carbocycles. The first-order valence-electron chi connectivity index (χ1n) is 5.30. The number of carbonyl (C=O) groups excluding carboxylic acids is 1. The van der Waals surface area contributed by atoms with Gasteiger partial charge in [0.1, 0.15) is 5.60 Å². The van der Waals surface area contributed by atoms with Gasteiger partial charge in [0.15, 0.2) is 0 Å². The predicted octanol–water partition coefficient (Wildman–Crippen LogP) is -0.601. The maximum absolute atomic E-state index is 11.6. The molecule has 1 saturated heterocycles. The zero-order valence-electron chi connectivity index (χ0n) is 9.04. The molecule has 5 heteroatoms. The second kappa shape index (κ2) is 3.73. The van der Waals surface area contributed by atoms with Crippen LogP contribution in [-0.4, -0.2) is 43.9 Å². The van der Waals surface area contributed by atoms with E-state index in [2.05, 4.69) is 5.32 Å². The molecule has 5 nitrogen and oxygen atoms in total. The van der Waals surface area contributed by atoms with Gasteiger partial charge in [-0.05, 0) is 12.8 Å². The van der Waals surface area contributed by atoms with Crippen LogP contribution in [0.5, 0.6) is 0 Å². The third-order valence-corrected chi connectivity index (χ3v) is 3.31. The van der Waals surface area contributed by atoms with E-state index in [4.69, 9.17) is 15.2 Å². The van der Waals surface area contributed by atoms with Crippen LogP contribution in [0.25, 0.3) is 0 Å². The average molecular weight is 214 g/mol. The number of ether oxygens (including phenoxy) is 2. The number of amides is 1. The molecule has 2 rings (SSSR count). The molecule has 0 aromatic rings. The molecule has 1 aliphatic heterocycles. The minimum atomic E-state index is -0.603. The quantitative estimate of drug-likeness (QED) is 0.655. The molecule has 1 amide bonds. The van der Waals surface area contributed by atoms with Crippen LogP contribution in [0.1, 0.15) is 19.3 Å². The van der Waals surface area contributed by atoms with E-state index in [-0.39, 0.29) is 11.5 Å². The van der Waals surface area contributed by atoms with Gasteiger partial charge < -0.3 is 20.5 Å². The lowest BCUT2D eigenvalue weighted by Crippen LogP contribution is -2.50. The van der Waals surface area contributed by atoms with Gasteiger partial charge >= 0.3 is 0 Å². The minimum absolute atomic E-state index is 0.0641. The van der Waals surface area contributed by atoms with Crippen molar-refractivity contribution in [2.24, 2.45) is 5.73 Å². The molecule has 2 aliphatic rings. The van der Waals surface area contributed by atoms with E-state index in [1.165, 1.54) is 0 Å². The normalized spacial score (nSPS) is 32.7. The van der Waals surface area contributed by atoms with E-state index < -0.39 is 5.54 Å². The summed E-state index contributed by atoms with van der Waals surface area (Å²) in [5.41, 5.74) is 4.83. The van der Waals surface area contributed by atoms with Gasteiger partial charge in [-0.1, -0.05) is 0 Å². The van der Waals surface area contributed by atoms with Crippen LogP contribution < -0.4 is 11.1 Å². The maximum Gasteiger partial charge on any atom is 0.240 e. The minimum Gasteiger partial charge on any atom is -0.378 e. The lowest BCUT2D eigenvalue weighted by molar-refractivity contribution is -0.124. The smallest absolute Gasteiger partial charge is 0.240 e. The third-order valence-electron chi connectivity index (χ3n) is 3.31. The van der Waals surface area contributed by atoms with Crippen LogP contribution in [0.4, 0.5) is 0 Å². The Morgan fingerprint density at radius 1 is 1.53 bits per heavy atom. The molecule has 15 heavy (non-hydrogen) atoms. The van der Waals surface area contributed by atoms with Gasteiger partial charge in [0.25, 0.3) is 0 Å². The van der Waals surface area contributed by atoms with Crippen molar-refractivity contribution in [3.63, 3.8) is 0 Å². The Balaban J connectivity index is 1.83. The van der Waals surface area contributed by atoms with Crippen LogP contribution in [-0.2, 0) is 14.3 Å². The highest BCUT2D eigenvalue weighted by molar-refractivity contribution is 5.89. The van der Waals surface area contributed by atoms with E-state index in [9.17, 15) is 4.79 Å². The Bertz CT molecular complexity index is 257. The van der Waals surface area contributed by atoms with Crippen LogP contribution in [0, 0.1) is 0 Å². The van der Waals surface area contributed by atoms with Crippen LogP contribution >= 0.6 is 0 Å². The third kappa shape index (κ3) is 2.14. The monoisotopic (exact) mass is 214 g/mol. The molecule has 0 aromatic heterocycles. The van der Waals surface area contributed by atoms with Gasteiger partial charge in [0.2, 0.25) is 5.91 Å². The molecule has 1 heterocycles. The lowest BCUT2D eigenvalue weighted by Gasteiger charge is -2.26. The molecular weight excluding hydrogens is 196 g/mol. The predicted molar refractivity (Wildman–Crippen MR) is 54.3 cm³/mol. The molecule has 2 fully saturated rings. The van der Waals surface area contributed by atoms with Gasteiger partial charge in [-0.2, -0.15) is 0 Å². The molecule has 0 radical (unpaired) electrons. The van der Waals surface area contributed by atoms with E-state index in [1.54, 1.807) is 7.11 Å². The Morgan fingerprint density at radius 3 is 2.73 bits per heavy atom. The van der Waals surface area contributed by atoms with Crippen molar-refractivity contribution in [3.8, 4) is 0 Å². The molecular formula is C10H18N2O3. The van der Waals surface area contributed by atoms with E-state index in [1.807, 2.05) is 0 Å².